The molecule has 0 unspecified atom stereocenters. The summed E-state index contributed by atoms with van der Waals surface area (Å²) in [6.07, 6.45) is 0.883. The fourth-order valence-electron chi connectivity index (χ4n) is 1.65. The maximum absolute atomic E-state index is 11.3. The van der Waals surface area contributed by atoms with Crippen LogP contribution in [0.3, 0.4) is 0 Å². The van der Waals surface area contributed by atoms with Crippen LogP contribution in [0.1, 0.15) is 12.8 Å². The Kier molecular flexibility index (Phi) is 4.24. The lowest BCUT2D eigenvalue weighted by molar-refractivity contribution is -0.128. The van der Waals surface area contributed by atoms with Gasteiger partial charge < -0.3 is 22.1 Å². The van der Waals surface area contributed by atoms with Crippen molar-refractivity contribution in [3.8, 4) is 0 Å². The second-order valence-corrected chi connectivity index (χ2v) is 3.74. The summed E-state index contributed by atoms with van der Waals surface area (Å²) in [4.78, 5) is 33.4. The molecule has 6 N–H and O–H groups in total. The second kappa shape index (κ2) is 5.45. The van der Waals surface area contributed by atoms with Crippen LogP contribution in [0.25, 0.3) is 0 Å². The Hall–Kier alpha value is -1.63. The normalized spacial score (nSPS) is 21.3. The number of rotatable bonds is 5. The molecule has 0 aromatic rings. The summed E-state index contributed by atoms with van der Waals surface area (Å²) >= 11 is 0. The third kappa shape index (κ3) is 3.20. The van der Waals surface area contributed by atoms with Crippen molar-refractivity contribution in [3.63, 3.8) is 0 Å². The van der Waals surface area contributed by atoms with Crippen molar-refractivity contribution in [2.45, 2.75) is 18.9 Å². The zero-order valence-electron chi connectivity index (χ0n) is 8.86. The second-order valence-electron chi connectivity index (χ2n) is 3.74. The molecular formula is C9H16N4O3. The Morgan fingerprint density at radius 1 is 1.56 bits per heavy atom. The Morgan fingerprint density at radius 3 is 2.69 bits per heavy atom. The van der Waals surface area contributed by atoms with Crippen LogP contribution in [0.15, 0.2) is 0 Å². The molecule has 90 valence electrons. The molecule has 7 nitrogen and oxygen atoms in total. The standard InChI is InChI=1S/C9H16N4O3/c10-4-7(14)13-6(8(11)15)3-5-1-2-12-9(5)16/h5-6H,1-4,10H2,(H2,11,15)(H,12,16)(H,13,14)/t5-,6-/m0/s1. The van der Waals surface area contributed by atoms with Gasteiger partial charge in [0.25, 0.3) is 0 Å². The number of nitrogens with two attached hydrogens (primary N) is 2. The molecule has 1 aliphatic rings. The number of carbonyl (C=O) groups excluding carboxylic acids is 3. The lowest BCUT2D eigenvalue weighted by atomic mass is 9.98. The van der Waals surface area contributed by atoms with Gasteiger partial charge in [0.05, 0.1) is 6.54 Å². The number of hydrogen-bond donors (Lipinski definition) is 4. The molecule has 0 aliphatic carbocycles. The number of nitrogens with one attached hydrogen (secondary N) is 2. The fourth-order valence-corrected chi connectivity index (χ4v) is 1.65. The van der Waals surface area contributed by atoms with Gasteiger partial charge in [-0.3, -0.25) is 14.4 Å². The summed E-state index contributed by atoms with van der Waals surface area (Å²) in [6, 6.07) is -0.829. The maximum atomic E-state index is 11.3. The van der Waals surface area contributed by atoms with Crippen molar-refractivity contribution in [2.75, 3.05) is 13.1 Å². The van der Waals surface area contributed by atoms with Gasteiger partial charge in [0, 0.05) is 12.5 Å². The minimum absolute atomic E-state index is 0.103. The van der Waals surface area contributed by atoms with Gasteiger partial charge in [0.2, 0.25) is 17.7 Å². The maximum Gasteiger partial charge on any atom is 0.240 e. The SMILES string of the molecule is NCC(=O)N[C@@H](C[C@@H]1CCNC1=O)C(N)=O. The van der Waals surface area contributed by atoms with E-state index in [1.165, 1.54) is 0 Å². The van der Waals surface area contributed by atoms with Crippen LogP contribution in [0.4, 0.5) is 0 Å². The van der Waals surface area contributed by atoms with Crippen LogP contribution >= 0.6 is 0 Å². The molecule has 0 saturated carbocycles. The molecule has 1 aliphatic heterocycles. The molecule has 3 amide bonds. The predicted molar refractivity (Wildman–Crippen MR) is 55.9 cm³/mol. The first kappa shape index (κ1) is 12.4. The first-order valence-electron chi connectivity index (χ1n) is 5.11. The van der Waals surface area contributed by atoms with Gasteiger partial charge in [-0.1, -0.05) is 0 Å². The lowest BCUT2D eigenvalue weighted by Gasteiger charge is -2.17. The molecule has 1 fully saturated rings. The highest BCUT2D eigenvalue weighted by molar-refractivity contribution is 5.88. The van der Waals surface area contributed by atoms with Gasteiger partial charge in [-0.15, -0.1) is 0 Å². The van der Waals surface area contributed by atoms with Crippen LogP contribution < -0.4 is 22.1 Å². The average Bonchev–Trinajstić information content (AvgIpc) is 2.63. The molecule has 0 radical (unpaired) electrons. The van der Waals surface area contributed by atoms with E-state index in [1.54, 1.807) is 0 Å². The predicted octanol–water partition coefficient (Wildman–Crippen LogP) is -2.56. The summed E-state index contributed by atoms with van der Waals surface area (Å²) in [6.45, 7) is 0.389. The van der Waals surface area contributed by atoms with E-state index in [2.05, 4.69) is 10.6 Å². The zero-order chi connectivity index (χ0) is 12.1. The fraction of sp³-hybridized carbons (Fsp3) is 0.667. The molecule has 0 bridgehead atoms. The molecule has 0 spiro atoms. The minimum atomic E-state index is -0.829. The largest absolute Gasteiger partial charge is 0.368 e. The molecule has 0 aromatic heterocycles. The van der Waals surface area contributed by atoms with Crippen molar-refractivity contribution in [2.24, 2.45) is 17.4 Å². The summed E-state index contributed by atoms with van der Waals surface area (Å²) in [5.74, 6) is -1.48. The smallest absolute Gasteiger partial charge is 0.240 e. The third-order valence-electron chi connectivity index (χ3n) is 2.55. The average molecular weight is 228 g/mol. The van der Waals surface area contributed by atoms with Crippen molar-refractivity contribution < 1.29 is 14.4 Å². The van der Waals surface area contributed by atoms with E-state index in [-0.39, 0.29) is 24.8 Å². The van der Waals surface area contributed by atoms with Crippen molar-refractivity contribution in [1.82, 2.24) is 10.6 Å². The number of amides is 3. The first-order chi connectivity index (χ1) is 7.54. The Morgan fingerprint density at radius 2 is 2.25 bits per heavy atom. The Balaban J connectivity index is 2.54. The highest BCUT2D eigenvalue weighted by Crippen LogP contribution is 2.15. The van der Waals surface area contributed by atoms with Crippen LogP contribution in [-0.4, -0.2) is 36.9 Å². The molecule has 7 heteroatoms. The van der Waals surface area contributed by atoms with Crippen molar-refractivity contribution >= 4 is 17.7 Å². The Labute approximate surface area is 92.9 Å². The van der Waals surface area contributed by atoms with E-state index < -0.39 is 17.9 Å². The summed E-state index contributed by atoms with van der Waals surface area (Å²) < 4.78 is 0. The van der Waals surface area contributed by atoms with Crippen LogP contribution in [0, 0.1) is 5.92 Å². The monoisotopic (exact) mass is 228 g/mol. The summed E-state index contributed by atoms with van der Waals surface area (Å²) in [5.41, 5.74) is 10.2. The summed E-state index contributed by atoms with van der Waals surface area (Å²) in [5, 5.41) is 5.05. The molecule has 1 heterocycles. The zero-order valence-corrected chi connectivity index (χ0v) is 8.86. The van der Waals surface area contributed by atoms with E-state index in [0.717, 1.165) is 0 Å². The molecule has 1 rings (SSSR count). The van der Waals surface area contributed by atoms with Crippen molar-refractivity contribution in [1.29, 1.82) is 0 Å². The summed E-state index contributed by atoms with van der Waals surface area (Å²) in [7, 11) is 0. The quantitative estimate of drug-likeness (QED) is 0.412. The number of primary amides is 1. The van der Waals surface area contributed by atoms with Gasteiger partial charge in [0.15, 0.2) is 0 Å². The highest BCUT2D eigenvalue weighted by atomic mass is 16.2. The molecule has 1 saturated heterocycles. The molecule has 16 heavy (non-hydrogen) atoms. The lowest BCUT2D eigenvalue weighted by Crippen LogP contribution is -2.48. The van der Waals surface area contributed by atoms with Crippen molar-refractivity contribution in [3.05, 3.63) is 0 Å². The van der Waals surface area contributed by atoms with E-state index in [1.807, 2.05) is 0 Å². The van der Waals surface area contributed by atoms with E-state index in [0.29, 0.717) is 13.0 Å². The minimum Gasteiger partial charge on any atom is -0.368 e. The van der Waals surface area contributed by atoms with Gasteiger partial charge in [-0.05, 0) is 12.8 Å². The number of hydrogen-bond acceptors (Lipinski definition) is 4. The topological polar surface area (TPSA) is 127 Å². The van der Waals surface area contributed by atoms with Crippen LogP contribution in [-0.2, 0) is 14.4 Å². The molecule has 0 aromatic carbocycles. The van der Waals surface area contributed by atoms with Crippen LogP contribution in [0.2, 0.25) is 0 Å². The number of carbonyl (C=O) groups is 3. The van der Waals surface area contributed by atoms with E-state index >= 15 is 0 Å². The highest BCUT2D eigenvalue weighted by Gasteiger charge is 2.29. The van der Waals surface area contributed by atoms with E-state index in [4.69, 9.17) is 11.5 Å². The molecule has 2 atom stereocenters. The first-order valence-corrected chi connectivity index (χ1v) is 5.11. The third-order valence-corrected chi connectivity index (χ3v) is 2.55. The Bertz CT molecular complexity index is 305. The van der Waals surface area contributed by atoms with Gasteiger partial charge in [-0.2, -0.15) is 0 Å². The molecular weight excluding hydrogens is 212 g/mol. The van der Waals surface area contributed by atoms with Gasteiger partial charge >= 0.3 is 0 Å². The van der Waals surface area contributed by atoms with Gasteiger partial charge in [-0.25, -0.2) is 0 Å². The van der Waals surface area contributed by atoms with Crippen LogP contribution in [0.5, 0.6) is 0 Å². The van der Waals surface area contributed by atoms with Gasteiger partial charge in [0.1, 0.15) is 6.04 Å². The van der Waals surface area contributed by atoms with E-state index in [9.17, 15) is 14.4 Å².